The molecular formula is C30H34O10Te. The molecule has 0 amide bonds. The number of carbonyl (C=O) groups is 4. The number of carbonyl (C=O) groups excluding carboxylic acids is 4. The number of aryl methyl sites for hydroxylation is 1. The van der Waals surface area contributed by atoms with Gasteiger partial charge in [-0.15, -0.1) is 0 Å². The Morgan fingerprint density at radius 2 is 1.34 bits per heavy atom. The Hall–Kier alpha value is -3.39. The first kappa shape index (κ1) is 32.1. The molecule has 220 valence electrons. The summed E-state index contributed by atoms with van der Waals surface area (Å²) in [7, 11) is 1.59. The Balaban J connectivity index is 2.14. The summed E-state index contributed by atoms with van der Waals surface area (Å²) < 4.78 is 35.7. The summed E-state index contributed by atoms with van der Waals surface area (Å²) in [5, 5.41) is 0. The number of esters is 4. The third kappa shape index (κ3) is 9.59. The minimum atomic E-state index is -1.23. The fourth-order valence-electron chi connectivity index (χ4n) is 4.22. The number of rotatable bonds is 10. The third-order valence-corrected chi connectivity index (χ3v) is 9.10. The van der Waals surface area contributed by atoms with Gasteiger partial charge >= 0.3 is 250 Å². The first-order valence-electron chi connectivity index (χ1n) is 12.9. The van der Waals surface area contributed by atoms with Crippen molar-refractivity contribution in [2.24, 2.45) is 0 Å². The standard InChI is InChI=1S/C30H34O10Te/c1-17-7-13-24(14-8-17)41-27(22-9-11-23(35-6)12-10-22)15-25-28(37-19(3)32)30(39-21(5)34)29(38-20(4)33)26(40-25)16-36-18(2)31/h7-15,25-26,28-30H,16H2,1-6H3/b27-15-/t25-,26-,28+,29-,30-/m1/s1. The van der Waals surface area contributed by atoms with Gasteiger partial charge in [0.2, 0.25) is 0 Å². The van der Waals surface area contributed by atoms with Crippen molar-refractivity contribution in [3.05, 3.63) is 65.7 Å². The van der Waals surface area contributed by atoms with Crippen LogP contribution in [-0.2, 0) is 42.9 Å². The van der Waals surface area contributed by atoms with E-state index in [-0.39, 0.29) is 6.61 Å². The summed E-state index contributed by atoms with van der Waals surface area (Å²) in [4.78, 5) is 48.1. The molecule has 2 aromatic rings. The molecule has 10 nitrogen and oxygen atoms in total. The fourth-order valence-corrected chi connectivity index (χ4v) is 7.03. The van der Waals surface area contributed by atoms with Crippen LogP contribution in [0.4, 0.5) is 0 Å². The van der Waals surface area contributed by atoms with E-state index < -0.39 is 75.3 Å². The van der Waals surface area contributed by atoms with E-state index in [9.17, 15) is 19.2 Å². The average molecular weight is 682 g/mol. The van der Waals surface area contributed by atoms with E-state index in [0.29, 0.717) is 5.75 Å². The summed E-state index contributed by atoms with van der Waals surface area (Å²) in [5.41, 5.74) is 2.04. The molecule has 0 aromatic heterocycles. The molecule has 2 aromatic carbocycles. The van der Waals surface area contributed by atoms with Gasteiger partial charge in [0, 0.05) is 0 Å². The Morgan fingerprint density at radius 1 is 0.780 bits per heavy atom. The SMILES string of the molecule is COc1ccc(/C(=C/[C@H]2O[C@H](COC(C)=O)[C@@H](OC(C)=O)[C@H](OC(C)=O)[C@H]2OC(C)=O)[Te]c2ccc(C)cc2)cc1. The molecule has 1 aliphatic heterocycles. The Kier molecular flexibility index (Phi) is 11.8. The van der Waals surface area contributed by atoms with E-state index in [2.05, 4.69) is 12.1 Å². The van der Waals surface area contributed by atoms with Crippen molar-refractivity contribution in [1.82, 2.24) is 0 Å². The van der Waals surface area contributed by atoms with E-state index in [1.54, 1.807) is 7.11 Å². The van der Waals surface area contributed by atoms with Crippen LogP contribution in [0.2, 0.25) is 0 Å². The van der Waals surface area contributed by atoms with Crippen LogP contribution >= 0.6 is 0 Å². The van der Waals surface area contributed by atoms with Crippen LogP contribution in [0.25, 0.3) is 3.62 Å². The van der Waals surface area contributed by atoms with E-state index in [4.69, 9.17) is 28.4 Å². The maximum absolute atomic E-state index is 12.2. The van der Waals surface area contributed by atoms with E-state index >= 15 is 0 Å². The Bertz CT molecular complexity index is 1260. The molecule has 1 heterocycles. The molecule has 1 fully saturated rings. The monoisotopic (exact) mass is 684 g/mol. The fraction of sp³-hybridized carbons (Fsp3) is 0.400. The quantitative estimate of drug-likeness (QED) is 0.210. The topological polar surface area (TPSA) is 124 Å². The number of hydrogen-bond acceptors (Lipinski definition) is 10. The van der Waals surface area contributed by atoms with Gasteiger partial charge in [-0.25, -0.2) is 0 Å². The van der Waals surface area contributed by atoms with Gasteiger partial charge in [0.25, 0.3) is 0 Å². The van der Waals surface area contributed by atoms with Gasteiger partial charge in [-0.05, 0) is 0 Å². The molecule has 1 aliphatic rings. The van der Waals surface area contributed by atoms with Crippen LogP contribution in [0.5, 0.6) is 5.75 Å². The predicted molar refractivity (Wildman–Crippen MR) is 149 cm³/mol. The average Bonchev–Trinajstić information content (AvgIpc) is 2.91. The molecule has 0 bridgehead atoms. The second-order valence-electron chi connectivity index (χ2n) is 9.34. The molecule has 3 rings (SSSR count). The van der Waals surface area contributed by atoms with Gasteiger partial charge in [-0.2, -0.15) is 0 Å². The zero-order chi connectivity index (χ0) is 30.1. The normalized spacial score (nSPS) is 22.3. The molecule has 0 unspecified atom stereocenters. The van der Waals surface area contributed by atoms with Crippen molar-refractivity contribution in [3.8, 4) is 5.75 Å². The van der Waals surface area contributed by atoms with E-state index in [1.807, 2.05) is 49.4 Å². The van der Waals surface area contributed by atoms with Crippen LogP contribution in [0.3, 0.4) is 0 Å². The zero-order valence-corrected chi connectivity index (χ0v) is 26.1. The second kappa shape index (κ2) is 15.0. The van der Waals surface area contributed by atoms with Crippen LogP contribution in [-0.4, -0.2) is 89.0 Å². The Labute approximate surface area is 249 Å². The van der Waals surface area contributed by atoms with Crippen LogP contribution in [0, 0.1) is 6.92 Å². The van der Waals surface area contributed by atoms with Gasteiger partial charge in [0.15, 0.2) is 0 Å². The summed E-state index contributed by atoms with van der Waals surface area (Å²) in [6, 6.07) is 15.8. The van der Waals surface area contributed by atoms with Gasteiger partial charge in [-0.3, -0.25) is 0 Å². The van der Waals surface area contributed by atoms with Crippen LogP contribution in [0.1, 0.15) is 38.8 Å². The Morgan fingerprint density at radius 3 is 1.88 bits per heavy atom. The molecule has 0 aliphatic carbocycles. The maximum atomic E-state index is 12.2. The number of benzene rings is 2. The molecule has 5 atom stereocenters. The first-order valence-corrected chi connectivity index (χ1v) is 15.2. The molecule has 0 saturated carbocycles. The summed E-state index contributed by atoms with van der Waals surface area (Å²) >= 11 is -1.01. The number of ether oxygens (including phenoxy) is 6. The van der Waals surface area contributed by atoms with Crippen molar-refractivity contribution in [1.29, 1.82) is 0 Å². The molecule has 0 spiro atoms. The number of hydrogen-bond donors (Lipinski definition) is 0. The molecule has 1 saturated heterocycles. The minimum absolute atomic E-state index is 0.283. The molecular weight excluding hydrogens is 648 g/mol. The van der Waals surface area contributed by atoms with Gasteiger partial charge in [0.1, 0.15) is 0 Å². The van der Waals surface area contributed by atoms with Crippen molar-refractivity contribution in [2.75, 3.05) is 13.7 Å². The first-order chi connectivity index (χ1) is 19.5. The number of methoxy groups -OCH3 is 1. The van der Waals surface area contributed by atoms with Crippen molar-refractivity contribution in [2.45, 2.75) is 65.1 Å². The van der Waals surface area contributed by atoms with Gasteiger partial charge < -0.3 is 0 Å². The summed E-state index contributed by atoms with van der Waals surface area (Å²) in [6.07, 6.45) is -3.71. The summed E-state index contributed by atoms with van der Waals surface area (Å²) in [6.45, 7) is 6.58. The second-order valence-corrected chi connectivity index (χ2v) is 12.5. The molecule has 0 radical (unpaired) electrons. The van der Waals surface area contributed by atoms with Crippen molar-refractivity contribution < 1.29 is 47.6 Å². The van der Waals surface area contributed by atoms with Crippen LogP contribution < -0.4 is 8.35 Å². The molecule has 11 heteroatoms. The van der Waals surface area contributed by atoms with Crippen molar-refractivity contribution >= 4 is 52.0 Å². The summed E-state index contributed by atoms with van der Waals surface area (Å²) in [5.74, 6) is -1.88. The van der Waals surface area contributed by atoms with E-state index in [1.165, 1.54) is 27.7 Å². The van der Waals surface area contributed by atoms with Crippen molar-refractivity contribution in [3.63, 3.8) is 0 Å². The third-order valence-electron chi connectivity index (χ3n) is 5.97. The van der Waals surface area contributed by atoms with Crippen LogP contribution in [0.15, 0.2) is 54.6 Å². The zero-order valence-electron chi connectivity index (χ0n) is 23.8. The molecule has 0 N–H and O–H groups in total. The van der Waals surface area contributed by atoms with Gasteiger partial charge in [-0.1, -0.05) is 0 Å². The predicted octanol–water partition coefficient (Wildman–Crippen LogP) is 2.50. The molecule has 41 heavy (non-hydrogen) atoms. The van der Waals surface area contributed by atoms with Gasteiger partial charge in [0.05, 0.1) is 0 Å². The van der Waals surface area contributed by atoms with E-state index in [0.717, 1.165) is 18.4 Å².